The Kier molecular flexibility index (Phi) is 4.35. The lowest BCUT2D eigenvalue weighted by Gasteiger charge is -2.05. The lowest BCUT2D eigenvalue weighted by Crippen LogP contribution is -2.35. The molecule has 3 N–H and O–H groups in total. The fourth-order valence-corrected chi connectivity index (χ4v) is 0.494. The summed E-state index contributed by atoms with van der Waals surface area (Å²) in [6.07, 6.45) is 0. The van der Waals surface area contributed by atoms with Crippen LogP contribution in [0.15, 0.2) is 10.3 Å². The lowest BCUT2D eigenvalue weighted by atomic mass is 10.3. The van der Waals surface area contributed by atoms with E-state index < -0.39 is 17.8 Å². The van der Waals surface area contributed by atoms with E-state index in [1.165, 1.54) is 0 Å². The summed E-state index contributed by atoms with van der Waals surface area (Å²) in [5.41, 5.74) is 4.96. The van der Waals surface area contributed by atoms with Crippen LogP contribution in [0.4, 0.5) is 0 Å². The van der Waals surface area contributed by atoms with Gasteiger partial charge in [0.25, 0.3) is 0 Å². The van der Waals surface area contributed by atoms with Crippen molar-refractivity contribution in [3.05, 3.63) is 4.91 Å². The quantitative estimate of drug-likeness (QED) is 0.148. The Hall–Kier alpha value is -1.66. The molecule has 1 atom stereocenters. The number of rotatable bonds is 4. The summed E-state index contributed by atoms with van der Waals surface area (Å²) < 4.78 is 4.41. The first-order valence-corrected chi connectivity index (χ1v) is 3.13. The van der Waals surface area contributed by atoms with Crippen LogP contribution in [0.2, 0.25) is 0 Å². The predicted molar refractivity (Wildman–Crippen MR) is 39.6 cm³/mol. The number of nitroso groups, excluding NO2 is 1. The second-order valence-corrected chi connectivity index (χ2v) is 1.78. The van der Waals surface area contributed by atoms with E-state index in [9.17, 15) is 9.70 Å². The second-order valence-electron chi connectivity index (χ2n) is 1.78. The van der Waals surface area contributed by atoms with Crippen molar-refractivity contribution in [3.8, 4) is 0 Å². The van der Waals surface area contributed by atoms with E-state index in [1.54, 1.807) is 6.92 Å². The van der Waals surface area contributed by atoms with Crippen molar-refractivity contribution in [1.82, 2.24) is 0 Å². The van der Waals surface area contributed by atoms with Gasteiger partial charge in [-0.15, -0.1) is 4.91 Å². The largest absolute Gasteiger partial charge is 0.464 e. The lowest BCUT2D eigenvalue weighted by molar-refractivity contribution is -0.142. The average molecular weight is 175 g/mol. The number of carbonyl (C=O) groups excluding carboxylic acids is 1. The summed E-state index contributed by atoms with van der Waals surface area (Å²) in [6, 6.07) is -1.56. The van der Waals surface area contributed by atoms with Crippen LogP contribution in [0, 0.1) is 4.91 Å². The van der Waals surface area contributed by atoms with E-state index in [-0.39, 0.29) is 6.61 Å². The highest BCUT2D eigenvalue weighted by Crippen LogP contribution is 1.94. The molecule has 0 bridgehead atoms. The molecule has 0 aliphatic carbocycles. The Labute approximate surface area is 68.2 Å². The zero-order valence-electron chi connectivity index (χ0n) is 6.43. The summed E-state index contributed by atoms with van der Waals surface area (Å²) in [4.78, 5) is 20.8. The molecular formula is C5H9N3O4. The number of oxime groups is 1. The van der Waals surface area contributed by atoms with Gasteiger partial charge in [0.05, 0.1) is 6.61 Å². The second kappa shape index (κ2) is 5.05. The first kappa shape index (κ1) is 10.3. The fourth-order valence-electron chi connectivity index (χ4n) is 0.494. The molecule has 0 heterocycles. The average Bonchev–Trinajstić information content (AvgIpc) is 2.06. The number of carbonyl (C=O) groups is 1. The molecular weight excluding hydrogens is 166 g/mol. The number of hydrogen-bond donors (Lipinski definition) is 2. The minimum atomic E-state index is -1.56. The van der Waals surface area contributed by atoms with Crippen molar-refractivity contribution >= 4 is 11.8 Å². The van der Waals surface area contributed by atoms with Crippen molar-refractivity contribution in [3.63, 3.8) is 0 Å². The van der Waals surface area contributed by atoms with E-state index in [2.05, 4.69) is 15.1 Å². The number of amidine groups is 1. The predicted octanol–water partition coefficient (Wildman–Crippen LogP) is -0.569. The maximum absolute atomic E-state index is 10.8. The number of nitrogens with two attached hydrogens (primary N) is 1. The summed E-state index contributed by atoms with van der Waals surface area (Å²) in [7, 11) is 0. The fraction of sp³-hybridized carbons (Fsp3) is 0.600. The first-order chi connectivity index (χ1) is 5.67. The molecule has 0 amide bonds. The van der Waals surface area contributed by atoms with E-state index >= 15 is 0 Å². The first-order valence-electron chi connectivity index (χ1n) is 3.13. The highest BCUT2D eigenvalue weighted by atomic mass is 16.5. The van der Waals surface area contributed by atoms with E-state index in [0.29, 0.717) is 0 Å². The smallest absolute Gasteiger partial charge is 0.342 e. The van der Waals surface area contributed by atoms with Crippen LogP contribution in [0.3, 0.4) is 0 Å². The van der Waals surface area contributed by atoms with E-state index in [1.807, 2.05) is 0 Å². The zero-order chi connectivity index (χ0) is 9.56. The third-order valence-electron chi connectivity index (χ3n) is 1.01. The van der Waals surface area contributed by atoms with Crippen LogP contribution in [-0.4, -0.2) is 29.7 Å². The molecule has 0 radical (unpaired) electrons. The molecule has 0 saturated carbocycles. The molecule has 0 aromatic heterocycles. The minimum absolute atomic E-state index is 0.101. The minimum Gasteiger partial charge on any atom is -0.464 e. The normalized spacial score (nSPS) is 13.6. The Bertz CT molecular complexity index is 203. The van der Waals surface area contributed by atoms with Crippen LogP contribution in [0.25, 0.3) is 0 Å². The van der Waals surface area contributed by atoms with Crippen molar-refractivity contribution in [2.24, 2.45) is 16.1 Å². The molecule has 12 heavy (non-hydrogen) atoms. The molecule has 7 heteroatoms. The van der Waals surface area contributed by atoms with Gasteiger partial charge in [-0.05, 0) is 12.1 Å². The van der Waals surface area contributed by atoms with Crippen molar-refractivity contribution in [2.45, 2.75) is 13.0 Å². The van der Waals surface area contributed by atoms with Crippen LogP contribution in [0.1, 0.15) is 6.92 Å². The van der Waals surface area contributed by atoms with Gasteiger partial charge in [-0.1, -0.05) is 5.16 Å². The van der Waals surface area contributed by atoms with Gasteiger partial charge in [-0.2, -0.15) is 0 Å². The standard InChI is InChI=1S/C5H9N3O4/c1-2-12-5(9)3(7-10)4(6)8-11/h3,11H,2H2,1H3,(H2,6,8). The molecule has 7 nitrogen and oxygen atoms in total. The highest BCUT2D eigenvalue weighted by Gasteiger charge is 2.25. The molecule has 0 aromatic rings. The maximum atomic E-state index is 10.8. The van der Waals surface area contributed by atoms with Gasteiger partial charge in [0.2, 0.25) is 6.04 Å². The molecule has 0 fully saturated rings. The topological polar surface area (TPSA) is 114 Å². The van der Waals surface area contributed by atoms with Crippen LogP contribution in [-0.2, 0) is 9.53 Å². The molecule has 0 rings (SSSR count). The molecule has 0 saturated heterocycles. The van der Waals surface area contributed by atoms with Gasteiger partial charge >= 0.3 is 5.97 Å². The summed E-state index contributed by atoms with van der Waals surface area (Å²) in [6.45, 7) is 1.66. The van der Waals surface area contributed by atoms with Gasteiger partial charge in [-0.25, -0.2) is 4.79 Å². The SMILES string of the molecule is CCOC(=O)C(N=O)C(N)=NO. The van der Waals surface area contributed by atoms with Crippen molar-refractivity contribution in [1.29, 1.82) is 0 Å². The molecule has 68 valence electrons. The van der Waals surface area contributed by atoms with Crippen LogP contribution >= 0.6 is 0 Å². The summed E-state index contributed by atoms with van der Waals surface area (Å²) in [5.74, 6) is -1.51. The number of hydrogen-bond acceptors (Lipinski definition) is 6. The number of esters is 1. The van der Waals surface area contributed by atoms with E-state index in [0.717, 1.165) is 0 Å². The Balaban J connectivity index is 4.34. The molecule has 0 aliphatic rings. The Morgan fingerprint density at radius 2 is 2.33 bits per heavy atom. The summed E-state index contributed by atoms with van der Waals surface area (Å²) in [5, 5.41) is 12.9. The molecule has 0 aromatic carbocycles. The number of nitrogens with zero attached hydrogens (tertiary/aromatic N) is 2. The monoisotopic (exact) mass is 175 g/mol. The number of ether oxygens (including phenoxy) is 1. The van der Waals surface area contributed by atoms with Crippen molar-refractivity contribution < 1.29 is 14.7 Å². The molecule has 0 spiro atoms. The molecule has 0 aliphatic heterocycles. The van der Waals surface area contributed by atoms with Crippen LogP contribution < -0.4 is 5.73 Å². The summed E-state index contributed by atoms with van der Waals surface area (Å²) >= 11 is 0. The Morgan fingerprint density at radius 1 is 1.75 bits per heavy atom. The van der Waals surface area contributed by atoms with Gasteiger partial charge in [-0.3, -0.25) is 0 Å². The third-order valence-corrected chi connectivity index (χ3v) is 1.01. The molecule has 1 unspecified atom stereocenters. The maximum Gasteiger partial charge on any atom is 0.342 e. The van der Waals surface area contributed by atoms with Gasteiger partial charge in [0, 0.05) is 0 Å². The third kappa shape index (κ3) is 2.52. The highest BCUT2D eigenvalue weighted by molar-refractivity contribution is 6.04. The van der Waals surface area contributed by atoms with Gasteiger partial charge in [0.1, 0.15) is 0 Å². The van der Waals surface area contributed by atoms with E-state index in [4.69, 9.17) is 10.9 Å². The Morgan fingerprint density at radius 3 is 2.67 bits per heavy atom. The van der Waals surface area contributed by atoms with Gasteiger partial charge < -0.3 is 15.7 Å². The van der Waals surface area contributed by atoms with Gasteiger partial charge in [0.15, 0.2) is 5.84 Å². The van der Waals surface area contributed by atoms with Crippen LogP contribution in [0.5, 0.6) is 0 Å². The zero-order valence-corrected chi connectivity index (χ0v) is 6.43. The van der Waals surface area contributed by atoms with Crippen molar-refractivity contribution in [2.75, 3.05) is 6.61 Å².